The number of halogens is 2. The van der Waals surface area contributed by atoms with E-state index in [-0.39, 0.29) is 11.4 Å². The predicted molar refractivity (Wildman–Crippen MR) is 66.4 cm³/mol. The fourth-order valence-corrected chi connectivity index (χ4v) is 2.73. The van der Waals surface area contributed by atoms with Crippen molar-refractivity contribution in [3.63, 3.8) is 0 Å². The molecule has 90 valence electrons. The van der Waals surface area contributed by atoms with Crippen molar-refractivity contribution in [1.29, 1.82) is 0 Å². The molecule has 0 radical (unpaired) electrons. The molecule has 0 bridgehead atoms. The van der Waals surface area contributed by atoms with Gasteiger partial charge in [0.25, 0.3) is 0 Å². The highest BCUT2D eigenvalue weighted by atomic mass is 79.9. The summed E-state index contributed by atoms with van der Waals surface area (Å²) in [5, 5.41) is 0. The molecule has 0 amide bonds. The minimum absolute atomic E-state index is 0.0129. The topological polar surface area (TPSA) is 46.2 Å². The van der Waals surface area contributed by atoms with Crippen molar-refractivity contribution in [2.45, 2.75) is 19.8 Å². The first-order chi connectivity index (χ1) is 7.44. The summed E-state index contributed by atoms with van der Waals surface area (Å²) in [4.78, 5) is 0. The number of sulfonamides is 1. The zero-order valence-corrected chi connectivity index (χ0v) is 11.2. The highest BCUT2D eigenvalue weighted by molar-refractivity contribution is 9.10. The molecule has 1 aromatic carbocycles. The van der Waals surface area contributed by atoms with E-state index in [1.807, 2.05) is 6.92 Å². The average Bonchev–Trinajstić information content (AvgIpc) is 2.19. The van der Waals surface area contributed by atoms with E-state index < -0.39 is 15.8 Å². The van der Waals surface area contributed by atoms with Gasteiger partial charge in [0.1, 0.15) is 5.82 Å². The summed E-state index contributed by atoms with van der Waals surface area (Å²) in [6, 6.07) is 4.20. The molecular formula is C10H13BrFNO2S. The molecule has 1 aromatic rings. The van der Waals surface area contributed by atoms with Gasteiger partial charge >= 0.3 is 0 Å². The zero-order valence-electron chi connectivity index (χ0n) is 8.83. The smallest absolute Gasteiger partial charge is 0.232 e. The summed E-state index contributed by atoms with van der Waals surface area (Å²) >= 11 is 3.10. The fourth-order valence-electron chi connectivity index (χ4n) is 1.13. The van der Waals surface area contributed by atoms with E-state index in [0.717, 1.165) is 6.42 Å². The molecule has 0 aromatic heterocycles. The number of rotatable bonds is 5. The normalized spacial score (nSPS) is 11.4. The third-order valence-electron chi connectivity index (χ3n) is 1.96. The third kappa shape index (κ3) is 4.09. The lowest BCUT2D eigenvalue weighted by atomic mass is 10.3. The van der Waals surface area contributed by atoms with Crippen molar-refractivity contribution < 1.29 is 12.8 Å². The lowest BCUT2D eigenvalue weighted by Crippen LogP contribution is -2.17. The van der Waals surface area contributed by atoms with E-state index in [1.54, 1.807) is 6.07 Å². The highest BCUT2D eigenvalue weighted by Gasteiger charge is 2.12. The molecule has 0 unspecified atom stereocenters. The van der Waals surface area contributed by atoms with Crippen LogP contribution in [-0.2, 0) is 10.0 Å². The second kappa shape index (κ2) is 5.63. The number of hydrogen-bond acceptors (Lipinski definition) is 2. The van der Waals surface area contributed by atoms with Crippen molar-refractivity contribution in [3.05, 3.63) is 28.5 Å². The van der Waals surface area contributed by atoms with Crippen LogP contribution in [0.15, 0.2) is 22.7 Å². The van der Waals surface area contributed by atoms with Gasteiger partial charge in [-0.15, -0.1) is 0 Å². The number of anilines is 1. The van der Waals surface area contributed by atoms with E-state index in [4.69, 9.17) is 0 Å². The molecule has 0 fully saturated rings. The second-order valence-electron chi connectivity index (χ2n) is 3.40. The van der Waals surface area contributed by atoms with Crippen LogP contribution < -0.4 is 4.72 Å². The van der Waals surface area contributed by atoms with Crippen LogP contribution in [-0.4, -0.2) is 14.2 Å². The standard InChI is InChI=1S/C10H13BrFNO2S/c1-2-3-6-16(14,15)13-10-5-4-8(11)7-9(10)12/h4-5,7,13H,2-3,6H2,1H3. The Morgan fingerprint density at radius 2 is 2.12 bits per heavy atom. The van der Waals surface area contributed by atoms with E-state index in [2.05, 4.69) is 20.7 Å². The molecule has 0 aliphatic heterocycles. The van der Waals surface area contributed by atoms with Crippen molar-refractivity contribution in [2.24, 2.45) is 0 Å². The summed E-state index contributed by atoms with van der Waals surface area (Å²) in [6.07, 6.45) is 1.34. The van der Waals surface area contributed by atoms with Crippen LogP contribution >= 0.6 is 15.9 Å². The van der Waals surface area contributed by atoms with Gasteiger partial charge in [0.05, 0.1) is 11.4 Å². The summed E-state index contributed by atoms with van der Waals surface area (Å²) in [5.74, 6) is -0.576. The summed E-state index contributed by atoms with van der Waals surface area (Å²) in [6.45, 7) is 1.90. The summed E-state index contributed by atoms with van der Waals surface area (Å²) in [7, 11) is -3.44. The number of unbranched alkanes of at least 4 members (excludes halogenated alkanes) is 1. The van der Waals surface area contributed by atoms with Crippen LogP contribution in [0.4, 0.5) is 10.1 Å². The molecular weight excluding hydrogens is 297 g/mol. The van der Waals surface area contributed by atoms with E-state index >= 15 is 0 Å². The predicted octanol–water partition coefficient (Wildman–Crippen LogP) is 3.13. The van der Waals surface area contributed by atoms with Crippen LogP contribution in [0.3, 0.4) is 0 Å². The summed E-state index contributed by atoms with van der Waals surface area (Å²) < 4.78 is 39.2. The molecule has 6 heteroatoms. The largest absolute Gasteiger partial charge is 0.281 e. The van der Waals surface area contributed by atoms with E-state index in [0.29, 0.717) is 10.9 Å². The van der Waals surface area contributed by atoms with Crippen molar-refractivity contribution in [2.75, 3.05) is 10.5 Å². The Bertz CT molecular complexity index is 462. The first-order valence-electron chi connectivity index (χ1n) is 4.90. The van der Waals surface area contributed by atoms with Gasteiger partial charge in [0.15, 0.2) is 0 Å². The average molecular weight is 310 g/mol. The lowest BCUT2D eigenvalue weighted by molar-refractivity contribution is 0.595. The van der Waals surface area contributed by atoms with Crippen LogP contribution in [0.5, 0.6) is 0 Å². The molecule has 1 N–H and O–H groups in total. The molecule has 16 heavy (non-hydrogen) atoms. The Hall–Kier alpha value is -0.620. The molecule has 1 rings (SSSR count). The molecule has 0 aliphatic carbocycles. The lowest BCUT2D eigenvalue weighted by Gasteiger charge is -2.08. The van der Waals surface area contributed by atoms with Gasteiger partial charge in [-0.25, -0.2) is 12.8 Å². The molecule has 0 atom stereocenters. The Morgan fingerprint density at radius 3 is 2.69 bits per heavy atom. The van der Waals surface area contributed by atoms with Crippen molar-refractivity contribution >= 4 is 31.6 Å². The number of nitrogens with one attached hydrogen (secondary N) is 1. The molecule has 0 saturated heterocycles. The molecule has 3 nitrogen and oxygen atoms in total. The van der Waals surface area contributed by atoms with Gasteiger partial charge in [-0.05, 0) is 24.6 Å². The number of benzene rings is 1. The quantitative estimate of drug-likeness (QED) is 0.908. The molecule has 0 saturated carbocycles. The SMILES string of the molecule is CCCCS(=O)(=O)Nc1ccc(Br)cc1F. The van der Waals surface area contributed by atoms with Gasteiger partial charge in [0, 0.05) is 4.47 Å². The van der Waals surface area contributed by atoms with Crippen LogP contribution in [0.25, 0.3) is 0 Å². The Morgan fingerprint density at radius 1 is 1.44 bits per heavy atom. The minimum Gasteiger partial charge on any atom is -0.281 e. The zero-order chi connectivity index (χ0) is 12.2. The summed E-state index contributed by atoms with van der Waals surface area (Å²) in [5.41, 5.74) is -0.0145. The Kier molecular flexibility index (Phi) is 4.73. The molecule has 0 aliphatic rings. The first-order valence-corrected chi connectivity index (χ1v) is 7.34. The van der Waals surface area contributed by atoms with Crippen LogP contribution in [0.1, 0.15) is 19.8 Å². The Labute approximate surface area is 103 Å². The minimum atomic E-state index is -3.44. The highest BCUT2D eigenvalue weighted by Crippen LogP contribution is 2.20. The third-order valence-corrected chi connectivity index (χ3v) is 3.81. The van der Waals surface area contributed by atoms with E-state index in [9.17, 15) is 12.8 Å². The molecule has 0 spiro atoms. The van der Waals surface area contributed by atoms with Gasteiger partial charge < -0.3 is 0 Å². The fraction of sp³-hybridized carbons (Fsp3) is 0.400. The number of hydrogen-bond donors (Lipinski definition) is 1. The maximum absolute atomic E-state index is 13.3. The Balaban J connectivity index is 2.80. The first kappa shape index (κ1) is 13.4. The van der Waals surface area contributed by atoms with Gasteiger partial charge in [-0.1, -0.05) is 29.3 Å². The van der Waals surface area contributed by atoms with Crippen LogP contribution in [0.2, 0.25) is 0 Å². The molecule has 0 heterocycles. The van der Waals surface area contributed by atoms with Crippen molar-refractivity contribution in [3.8, 4) is 0 Å². The monoisotopic (exact) mass is 309 g/mol. The van der Waals surface area contributed by atoms with Crippen molar-refractivity contribution in [1.82, 2.24) is 0 Å². The van der Waals surface area contributed by atoms with Gasteiger partial charge in [0.2, 0.25) is 10.0 Å². The van der Waals surface area contributed by atoms with E-state index in [1.165, 1.54) is 12.1 Å². The van der Waals surface area contributed by atoms with Gasteiger partial charge in [-0.3, -0.25) is 4.72 Å². The van der Waals surface area contributed by atoms with Gasteiger partial charge in [-0.2, -0.15) is 0 Å². The maximum Gasteiger partial charge on any atom is 0.232 e. The van der Waals surface area contributed by atoms with Crippen LogP contribution in [0, 0.1) is 5.82 Å². The maximum atomic E-state index is 13.3. The second-order valence-corrected chi connectivity index (χ2v) is 6.16.